The van der Waals surface area contributed by atoms with Crippen LogP contribution in [0.4, 0.5) is 0 Å². The Hall–Kier alpha value is -1.14. The van der Waals surface area contributed by atoms with Gasteiger partial charge in [-0.2, -0.15) is 0 Å². The molecule has 0 saturated heterocycles. The Kier molecular flexibility index (Phi) is 7.43. The van der Waals surface area contributed by atoms with E-state index in [2.05, 4.69) is 5.32 Å². The highest BCUT2D eigenvalue weighted by Gasteiger charge is 2.26. The molecule has 0 heterocycles. The van der Waals surface area contributed by atoms with Crippen molar-refractivity contribution in [1.82, 2.24) is 5.32 Å². The number of primary amides is 1. The van der Waals surface area contributed by atoms with E-state index < -0.39 is 5.91 Å². The Morgan fingerprint density at radius 2 is 2.11 bits per heavy atom. The third-order valence-electron chi connectivity index (χ3n) is 3.52. The molecule has 2 amide bonds. The fourth-order valence-corrected chi connectivity index (χ4v) is 2.59. The van der Waals surface area contributed by atoms with E-state index in [0.717, 1.165) is 25.7 Å². The van der Waals surface area contributed by atoms with E-state index in [9.17, 15) is 9.59 Å². The number of carbonyl (C=O) groups excluding carboxylic acids is 2. The van der Waals surface area contributed by atoms with Crippen LogP contribution in [0.25, 0.3) is 0 Å². The second kappa shape index (κ2) is 8.87. The number of amides is 2. The molecular weight excluding hydrogens is 246 g/mol. The molecule has 19 heavy (non-hydrogen) atoms. The lowest BCUT2D eigenvalue weighted by atomic mass is 9.79. The third-order valence-corrected chi connectivity index (χ3v) is 3.52. The summed E-state index contributed by atoms with van der Waals surface area (Å²) in [6.45, 7) is 1.33. The lowest BCUT2D eigenvalue weighted by Gasteiger charge is -2.28. The standard InChI is InChI=1S/C13H25N3O3/c14-5-4-10-2-1-3-11(8-10)13(18)16-6-7-19-9-12(15)17/h10-11H,1-9,14H2,(H2,15,17)(H,16,18). The SMILES string of the molecule is NCCC1CCCC(C(=O)NCCOCC(N)=O)C1. The molecule has 1 aliphatic rings. The van der Waals surface area contributed by atoms with E-state index in [0.29, 0.717) is 25.6 Å². The lowest BCUT2D eigenvalue weighted by molar-refractivity contribution is -0.126. The van der Waals surface area contributed by atoms with E-state index in [-0.39, 0.29) is 18.4 Å². The molecule has 0 aromatic heterocycles. The minimum absolute atomic E-state index is 0.0874. The van der Waals surface area contributed by atoms with E-state index in [1.807, 2.05) is 0 Å². The molecule has 0 spiro atoms. The van der Waals surface area contributed by atoms with Crippen LogP contribution in [0.5, 0.6) is 0 Å². The predicted molar refractivity (Wildman–Crippen MR) is 72.1 cm³/mol. The van der Waals surface area contributed by atoms with Crippen molar-refractivity contribution in [2.45, 2.75) is 32.1 Å². The van der Waals surface area contributed by atoms with Crippen molar-refractivity contribution in [2.24, 2.45) is 23.3 Å². The first-order valence-electron chi connectivity index (χ1n) is 6.97. The van der Waals surface area contributed by atoms with Gasteiger partial charge in [0.2, 0.25) is 11.8 Å². The summed E-state index contributed by atoms with van der Waals surface area (Å²) in [7, 11) is 0. The van der Waals surface area contributed by atoms with Gasteiger partial charge in [0.15, 0.2) is 0 Å². The molecule has 1 fully saturated rings. The van der Waals surface area contributed by atoms with Crippen molar-refractivity contribution in [1.29, 1.82) is 0 Å². The molecule has 1 rings (SSSR count). The molecule has 0 bridgehead atoms. The molecule has 1 aliphatic carbocycles. The summed E-state index contributed by atoms with van der Waals surface area (Å²) in [6.07, 6.45) is 5.18. The molecule has 110 valence electrons. The molecule has 0 aliphatic heterocycles. The van der Waals surface area contributed by atoms with Crippen LogP contribution >= 0.6 is 0 Å². The molecule has 0 aromatic rings. The van der Waals surface area contributed by atoms with E-state index in [1.165, 1.54) is 6.42 Å². The van der Waals surface area contributed by atoms with Gasteiger partial charge in [0, 0.05) is 12.5 Å². The second-order valence-corrected chi connectivity index (χ2v) is 5.12. The van der Waals surface area contributed by atoms with Gasteiger partial charge in [0.05, 0.1) is 6.61 Å². The molecular formula is C13H25N3O3. The van der Waals surface area contributed by atoms with E-state index in [1.54, 1.807) is 0 Å². The zero-order chi connectivity index (χ0) is 14.1. The van der Waals surface area contributed by atoms with Gasteiger partial charge in [-0.05, 0) is 31.7 Å². The van der Waals surface area contributed by atoms with E-state index >= 15 is 0 Å². The zero-order valence-corrected chi connectivity index (χ0v) is 11.4. The van der Waals surface area contributed by atoms with Gasteiger partial charge in [-0.3, -0.25) is 9.59 Å². The average Bonchev–Trinajstić information content (AvgIpc) is 2.38. The Bertz CT molecular complexity index is 295. The van der Waals surface area contributed by atoms with Gasteiger partial charge >= 0.3 is 0 Å². The van der Waals surface area contributed by atoms with Crippen LogP contribution in [0, 0.1) is 11.8 Å². The zero-order valence-electron chi connectivity index (χ0n) is 11.4. The highest BCUT2D eigenvalue weighted by molar-refractivity contribution is 5.78. The maximum absolute atomic E-state index is 12.0. The lowest BCUT2D eigenvalue weighted by Crippen LogP contribution is -2.36. The second-order valence-electron chi connectivity index (χ2n) is 5.12. The van der Waals surface area contributed by atoms with Crippen LogP contribution in [0.1, 0.15) is 32.1 Å². The Morgan fingerprint density at radius 3 is 2.79 bits per heavy atom. The van der Waals surface area contributed by atoms with Gasteiger partial charge < -0.3 is 21.5 Å². The smallest absolute Gasteiger partial charge is 0.243 e. The van der Waals surface area contributed by atoms with Crippen molar-refractivity contribution in [2.75, 3.05) is 26.3 Å². The van der Waals surface area contributed by atoms with Crippen LogP contribution in [0.15, 0.2) is 0 Å². The Labute approximate surface area is 114 Å². The van der Waals surface area contributed by atoms with Crippen LogP contribution in [0.3, 0.4) is 0 Å². The third kappa shape index (κ3) is 6.54. The van der Waals surface area contributed by atoms with E-state index in [4.69, 9.17) is 16.2 Å². The van der Waals surface area contributed by atoms with Gasteiger partial charge in [-0.1, -0.05) is 12.8 Å². The number of nitrogens with two attached hydrogens (primary N) is 2. The summed E-state index contributed by atoms with van der Waals surface area (Å²) in [5.41, 5.74) is 10.5. The maximum Gasteiger partial charge on any atom is 0.243 e. The molecule has 0 radical (unpaired) electrons. The molecule has 6 heteroatoms. The van der Waals surface area contributed by atoms with Gasteiger partial charge in [-0.25, -0.2) is 0 Å². The molecule has 1 saturated carbocycles. The molecule has 5 N–H and O–H groups in total. The van der Waals surface area contributed by atoms with Crippen LogP contribution in [-0.4, -0.2) is 38.1 Å². The summed E-state index contributed by atoms with van der Waals surface area (Å²) >= 11 is 0. The topological polar surface area (TPSA) is 107 Å². The normalized spacial score (nSPS) is 23.0. The molecule has 2 unspecified atom stereocenters. The number of carbonyl (C=O) groups is 2. The first-order chi connectivity index (χ1) is 9.13. The summed E-state index contributed by atoms with van der Waals surface area (Å²) in [4.78, 5) is 22.4. The van der Waals surface area contributed by atoms with Crippen LogP contribution in [0.2, 0.25) is 0 Å². The summed E-state index contributed by atoms with van der Waals surface area (Å²) < 4.78 is 4.99. The monoisotopic (exact) mass is 271 g/mol. The van der Waals surface area contributed by atoms with Gasteiger partial charge in [-0.15, -0.1) is 0 Å². The van der Waals surface area contributed by atoms with Crippen molar-refractivity contribution in [3.8, 4) is 0 Å². The molecule has 0 aromatic carbocycles. The largest absolute Gasteiger partial charge is 0.370 e. The Balaban J connectivity index is 2.16. The number of hydrogen-bond donors (Lipinski definition) is 3. The first kappa shape index (κ1) is 15.9. The average molecular weight is 271 g/mol. The fourth-order valence-electron chi connectivity index (χ4n) is 2.59. The molecule has 6 nitrogen and oxygen atoms in total. The fraction of sp³-hybridized carbons (Fsp3) is 0.846. The minimum atomic E-state index is -0.497. The molecule has 2 atom stereocenters. The van der Waals surface area contributed by atoms with Gasteiger partial charge in [0.1, 0.15) is 6.61 Å². The highest BCUT2D eigenvalue weighted by Crippen LogP contribution is 2.30. The van der Waals surface area contributed by atoms with Crippen molar-refractivity contribution in [3.63, 3.8) is 0 Å². The van der Waals surface area contributed by atoms with Gasteiger partial charge in [0.25, 0.3) is 0 Å². The maximum atomic E-state index is 12.0. The predicted octanol–water partition coefficient (Wildman–Crippen LogP) is -0.240. The van der Waals surface area contributed by atoms with Crippen molar-refractivity contribution >= 4 is 11.8 Å². The van der Waals surface area contributed by atoms with Crippen LogP contribution < -0.4 is 16.8 Å². The van der Waals surface area contributed by atoms with Crippen LogP contribution in [-0.2, 0) is 14.3 Å². The summed E-state index contributed by atoms with van der Waals surface area (Å²) in [5, 5.41) is 2.84. The highest BCUT2D eigenvalue weighted by atomic mass is 16.5. The van der Waals surface area contributed by atoms with Crippen molar-refractivity contribution in [3.05, 3.63) is 0 Å². The number of ether oxygens (including phenoxy) is 1. The number of nitrogens with one attached hydrogen (secondary N) is 1. The summed E-state index contributed by atoms with van der Waals surface area (Å²) in [6, 6.07) is 0. The number of rotatable bonds is 8. The summed E-state index contributed by atoms with van der Waals surface area (Å²) in [5.74, 6) is 0.273. The first-order valence-corrected chi connectivity index (χ1v) is 6.97. The minimum Gasteiger partial charge on any atom is -0.370 e. The number of hydrogen-bond acceptors (Lipinski definition) is 4. The quantitative estimate of drug-likeness (QED) is 0.529. The van der Waals surface area contributed by atoms with Crippen molar-refractivity contribution < 1.29 is 14.3 Å². The Morgan fingerprint density at radius 1 is 1.32 bits per heavy atom.